The largest absolute Gasteiger partial charge is 0.352 e. The number of aryl methyl sites for hydroxylation is 1. The average molecular weight is 438 g/mol. The van der Waals surface area contributed by atoms with E-state index in [0.717, 1.165) is 37.7 Å². The predicted molar refractivity (Wildman–Crippen MR) is 120 cm³/mol. The molecular formula is C24H31N5O3. The molecule has 1 aromatic heterocycles. The summed E-state index contributed by atoms with van der Waals surface area (Å²) in [7, 11) is 0. The Hall–Kier alpha value is -3.16. The predicted octanol–water partition coefficient (Wildman–Crippen LogP) is 2.50. The molecule has 1 aliphatic heterocycles. The highest BCUT2D eigenvalue weighted by Gasteiger charge is 2.28. The highest BCUT2D eigenvalue weighted by atomic mass is 16.2. The van der Waals surface area contributed by atoms with Gasteiger partial charge in [0.25, 0.3) is 11.8 Å². The number of nitrogens with zero attached hydrogens (tertiary/aromatic N) is 3. The third-order valence-electron chi connectivity index (χ3n) is 6.23. The molecule has 32 heavy (non-hydrogen) atoms. The Labute approximate surface area is 188 Å². The molecule has 2 N–H and O–H groups in total. The summed E-state index contributed by atoms with van der Waals surface area (Å²) in [6.07, 6.45) is 6.20. The molecular weight excluding hydrogens is 406 g/mol. The van der Waals surface area contributed by atoms with Gasteiger partial charge >= 0.3 is 0 Å². The van der Waals surface area contributed by atoms with Gasteiger partial charge in [-0.2, -0.15) is 5.10 Å². The lowest BCUT2D eigenvalue weighted by atomic mass is 9.95. The van der Waals surface area contributed by atoms with E-state index in [-0.39, 0.29) is 23.6 Å². The van der Waals surface area contributed by atoms with Crippen LogP contribution in [-0.4, -0.2) is 51.0 Å². The number of carbonyl (C=O) groups excluding carboxylic acids is 3. The van der Waals surface area contributed by atoms with Crippen molar-refractivity contribution in [2.24, 2.45) is 0 Å². The number of hydrogen-bond acceptors (Lipinski definition) is 4. The van der Waals surface area contributed by atoms with Crippen molar-refractivity contribution in [3.63, 3.8) is 0 Å². The van der Waals surface area contributed by atoms with Crippen LogP contribution in [0, 0.1) is 0 Å². The Morgan fingerprint density at radius 2 is 1.84 bits per heavy atom. The number of fused-ring (bicyclic) bond motifs is 1. The molecule has 1 fully saturated rings. The van der Waals surface area contributed by atoms with E-state index >= 15 is 0 Å². The van der Waals surface area contributed by atoms with E-state index in [1.807, 2.05) is 30.3 Å². The van der Waals surface area contributed by atoms with Gasteiger partial charge in [-0.25, -0.2) is 0 Å². The number of rotatable bonds is 6. The number of aromatic nitrogens is 2. The van der Waals surface area contributed by atoms with Crippen molar-refractivity contribution in [3.8, 4) is 0 Å². The van der Waals surface area contributed by atoms with Gasteiger partial charge in [0.15, 0.2) is 5.69 Å². The first-order chi connectivity index (χ1) is 15.5. The lowest BCUT2D eigenvalue weighted by molar-refractivity contribution is -0.123. The van der Waals surface area contributed by atoms with Crippen LogP contribution in [0.25, 0.3) is 0 Å². The molecule has 1 aliphatic carbocycles. The van der Waals surface area contributed by atoms with Crippen LogP contribution in [0.4, 0.5) is 0 Å². The molecule has 4 rings (SSSR count). The number of amides is 3. The van der Waals surface area contributed by atoms with Crippen LogP contribution in [0.3, 0.4) is 0 Å². The molecule has 2 aromatic rings. The minimum atomic E-state index is -0.670. The van der Waals surface area contributed by atoms with Gasteiger partial charge in [0.1, 0.15) is 11.7 Å². The Bertz CT molecular complexity index is 965. The SMILES string of the molecule is C[C@H](NC(=O)c1cc2n(n1)CCCN(Cc1ccccc1)C2=O)C(=O)NC1CCCCC1. The number of carbonyl (C=O) groups is 3. The molecule has 1 atom stereocenters. The van der Waals surface area contributed by atoms with E-state index in [1.165, 1.54) is 12.5 Å². The highest BCUT2D eigenvalue weighted by Crippen LogP contribution is 2.18. The second-order valence-corrected chi connectivity index (χ2v) is 8.74. The first-order valence-corrected chi connectivity index (χ1v) is 11.5. The van der Waals surface area contributed by atoms with Crippen molar-refractivity contribution in [2.75, 3.05) is 6.54 Å². The molecule has 0 bridgehead atoms. The molecule has 0 unspecified atom stereocenters. The topological polar surface area (TPSA) is 96.3 Å². The zero-order chi connectivity index (χ0) is 22.5. The lowest BCUT2D eigenvalue weighted by Gasteiger charge is -2.24. The van der Waals surface area contributed by atoms with Crippen molar-refractivity contribution in [1.82, 2.24) is 25.3 Å². The molecule has 170 valence electrons. The number of nitrogens with one attached hydrogen (secondary N) is 2. The minimum Gasteiger partial charge on any atom is -0.352 e. The smallest absolute Gasteiger partial charge is 0.272 e. The highest BCUT2D eigenvalue weighted by molar-refractivity contribution is 5.99. The van der Waals surface area contributed by atoms with Gasteiger partial charge in [-0.15, -0.1) is 0 Å². The molecule has 2 heterocycles. The van der Waals surface area contributed by atoms with Crippen molar-refractivity contribution in [1.29, 1.82) is 0 Å². The van der Waals surface area contributed by atoms with Crippen molar-refractivity contribution in [3.05, 3.63) is 53.3 Å². The molecule has 0 radical (unpaired) electrons. The summed E-state index contributed by atoms with van der Waals surface area (Å²) in [5.74, 6) is -0.767. The average Bonchev–Trinajstić information content (AvgIpc) is 3.18. The fourth-order valence-electron chi connectivity index (χ4n) is 4.41. The van der Waals surface area contributed by atoms with Crippen LogP contribution in [0.15, 0.2) is 36.4 Å². The van der Waals surface area contributed by atoms with Gasteiger partial charge < -0.3 is 15.5 Å². The Kier molecular flexibility index (Phi) is 6.87. The molecule has 2 aliphatic rings. The minimum absolute atomic E-state index is 0.138. The van der Waals surface area contributed by atoms with Gasteiger partial charge in [0.05, 0.1) is 0 Å². The maximum Gasteiger partial charge on any atom is 0.272 e. The fourth-order valence-corrected chi connectivity index (χ4v) is 4.41. The van der Waals surface area contributed by atoms with Crippen LogP contribution < -0.4 is 10.6 Å². The monoisotopic (exact) mass is 437 g/mol. The van der Waals surface area contributed by atoms with E-state index in [9.17, 15) is 14.4 Å². The summed E-state index contributed by atoms with van der Waals surface area (Å²) in [5, 5.41) is 10.1. The summed E-state index contributed by atoms with van der Waals surface area (Å²) in [4.78, 5) is 40.1. The van der Waals surface area contributed by atoms with Crippen LogP contribution in [0.2, 0.25) is 0 Å². The summed E-state index contributed by atoms with van der Waals surface area (Å²) >= 11 is 0. The Morgan fingerprint density at radius 3 is 2.59 bits per heavy atom. The summed E-state index contributed by atoms with van der Waals surface area (Å²) in [5.41, 5.74) is 1.62. The Balaban J connectivity index is 1.39. The molecule has 1 saturated carbocycles. The van der Waals surface area contributed by atoms with Crippen molar-refractivity contribution >= 4 is 17.7 Å². The molecule has 0 saturated heterocycles. The van der Waals surface area contributed by atoms with Crippen LogP contribution in [0.1, 0.15) is 72.0 Å². The fraction of sp³-hybridized carbons (Fsp3) is 0.500. The van der Waals surface area contributed by atoms with Crippen LogP contribution in [0.5, 0.6) is 0 Å². The van der Waals surface area contributed by atoms with Gasteiger partial charge in [-0.05, 0) is 31.7 Å². The maximum atomic E-state index is 13.1. The quantitative estimate of drug-likeness (QED) is 0.726. The van der Waals surface area contributed by atoms with E-state index in [1.54, 1.807) is 16.5 Å². The third kappa shape index (κ3) is 5.18. The lowest BCUT2D eigenvalue weighted by Crippen LogP contribution is -2.48. The van der Waals surface area contributed by atoms with Gasteiger partial charge in [-0.1, -0.05) is 49.6 Å². The molecule has 3 amide bonds. The second kappa shape index (κ2) is 9.97. The molecule has 8 nitrogen and oxygen atoms in total. The van der Waals surface area contributed by atoms with E-state index in [2.05, 4.69) is 15.7 Å². The van der Waals surface area contributed by atoms with Crippen LogP contribution >= 0.6 is 0 Å². The van der Waals surface area contributed by atoms with E-state index in [0.29, 0.717) is 25.3 Å². The standard InChI is InChI=1S/C24H31N5O3/c1-17(22(30)26-19-11-6-3-7-12-19)25-23(31)20-15-21-24(32)28(13-8-14-29(21)27-20)16-18-9-4-2-5-10-18/h2,4-5,9-10,15,17,19H,3,6-8,11-14,16H2,1H3,(H,25,31)(H,26,30)/t17-/m0/s1. The van der Waals surface area contributed by atoms with Gasteiger partial charge in [0.2, 0.25) is 5.91 Å². The third-order valence-corrected chi connectivity index (χ3v) is 6.23. The summed E-state index contributed by atoms with van der Waals surface area (Å²) < 4.78 is 1.61. The Morgan fingerprint density at radius 1 is 1.09 bits per heavy atom. The number of benzene rings is 1. The van der Waals surface area contributed by atoms with Gasteiger partial charge in [0, 0.05) is 31.7 Å². The normalized spacial score (nSPS) is 17.9. The molecule has 1 aromatic carbocycles. The van der Waals surface area contributed by atoms with E-state index in [4.69, 9.17) is 0 Å². The van der Waals surface area contributed by atoms with Crippen molar-refractivity contribution < 1.29 is 14.4 Å². The van der Waals surface area contributed by atoms with Gasteiger partial charge in [-0.3, -0.25) is 19.1 Å². The van der Waals surface area contributed by atoms with Crippen molar-refractivity contribution in [2.45, 2.75) is 70.6 Å². The maximum absolute atomic E-state index is 13.1. The van der Waals surface area contributed by atoms with Crippen LogP contribution in [-0.2, 0) is 17.9 Å². The first kappa shape index (κ1) is 22.0. The zero-order valence-corrected chi connectivity index (χ0v) is 18.5. The van der Waals surface area contributed by atoms with E-state index < -0.39 is 11.9 Å². The summed E-state index contributed by atoms with van der Waals surface area (Å²) in [6.45, 7) is 3.39. The number of hydrogen-bond donors (Lipinski definition) is 2. The molecule has 8 heteroatoms. The second-order valence-electron chi connectivity index (χ2n) is 8.74. The molecule has 0 spiro atoms. The first-order valence-electron chi connectivity index (χ1n) is 11.5. The summed E-state index contributed by atoms with van der Waals surface area (Å²) in [6, 6.07) is 10.9. The zero-order valence-electron chi connectivity index (χ0n) is 18.5.